The van der Waals surface area contributed by atoms with Gasteiger partial charge in [-0.15, -0.1) is 0 Å². The molecule has 0 unspecified atom stereocenters. The molecule has 1 amide bonds. The summed E-state index contributed by atoms with van der Waals surface area (Å²) in [4.78, 5) is 12.1. The van der Waals surface area contributed by atoms with E-state index in [-0.39, 0.29) is 5.69 Å². The molecule has 7 nitrogen and oxygen atoms in total. The fraction of sp³-hybridized carbons (Fsp3) is 0.188. The van der Waals surface area contributed by atoms with Crippen LogP contribution >= 0.6 is 0 Å². The lowest BCUT2D eigenvalue weighted by atomic mass is 10.1. The van der Waals surface area contributed by atoms with Crippen LogP contribution in [0.2, 0.25) is 0 Å². The molecule has 1 aromatic carbocycles. The van der Waals surface area contributed by atoms with Crippen molar-refractivity contribution in [1.29, 1.82) is 0 Å². The van der Waals surface area contributed by atoms with E-state index in [1.54, 1.807) is 19.1 Å². The van der Waals surface area contributed by atoms with Gasteiger partial charge in [-0.2, -0.15) is 0 Å². The summed E-state index contributed by atoms with van der Waals surface area (Å²) < 4.78 is 15.5. The van der Waals surface area contributed by atoms with E-state index < -0.39 is 5.91 Å². The second kappa shape index (κ2) is 6.35. The molecule has 0 fully saturated rings. The van der Waals surface area contributed by atoms with E-state index in [0.29, 0.717) is 23.9 Å². The smallest absolute Gasteiger partial charge is 0.279 e. The van der Waals surface area contributed by atoms with E-state index in [1.165, 1.54) is 0 Å². The van der Waals surface area contributed by atoms with Crippen molar-refractivity contribution in [1.82, 2.24) is 10.3 Å². The number of anilines is 1. The number of nitrogens with one attached hydrogen (secondary N) is 1. The van der Waals surface area contributed by atoms with Gasteiger partial charge < -0.3 is 19.1 Å². The summed E-state index contributed by atoms with van der Waals surface area (Å²) >= 11 is 0. The first-order chi connectivity index (χ1) is 11.2. The summed E-state index contributed by atoms with van der Waals surface area (Å²) in [5, 5.41) is 10.1. The van der Waals surface area contributed by atoms with Gasteiger partial charge in [0.2, 0.25) is 0 Å². The predicted octanol–water partition coefficient (Wildman–Crippen LogP) is 3.29. The second-order valence-corrected chi connectivity index (χ2v) is 4.81. The molecule has 0 spiro atoms. The van der Waals surface area contributed by atoms with Crippen LogP contribution < -0.4 is 10.1 Å². The number of hydrogen-bond donors (Lipinski definition) is 1. The van der Waals surface area contributed by atoms with Crippen LogP contribution in [0.25, 0.3) is 11.3 Å². The number of rotatable bonds is 5. The van der Waals surface area contributed by atoms with E-state index in [0.717, 1.165) is 11.3 Å². The van der Waals surface area contributed by atoms with Crippen molar-refractivity contribution in [2.75, 3.05) is 11.9 Å². The largest absolute Gasteiger partial charge is 0.494 e. The van der Waals surface area contributed by atoms with Crippen LogP contribution in [0, 0.1) is 6.92 Å². The number of aryl methyl sites for hydroxylation is 1. The highest BCUT2D eigenvalue weighted by Crippen LogP contribution is 2.23. The number of benzene rings is 1. The normalized spacial score (nSPS) is 10.5. The van der Waals surface area contributed by atoms with Crippen LogP contribution in [0.1, 0.15) is 23.2 Å². The Hall–Kier alpha value is -3.09. The van der Waals surface area contributed by atoms with Gasteiger partial charge in [-0.3, -0.25) is 4.79 Å². The number of carbonyl (C=O) groups is 1. The van der Waals surface area contributed by atoms with Crippen LogP contribution in [0.4, 0.5) is 5.82 Å². The molecule has 0 aliphatic rings. The minimum Gasteiger partial charge on any atom is -0.494 e. The average Bonchev–Trinajstić information content (AvgIpc) is 3.18. The van der Waals surface area contributed by atoms with Crippen molar-refractivity contribution in [2.45, 2.75) is 13.8 Å². The number of carbonyl (C=O) groups excluding carboxylic acids is 1. The standard InChI is InChI=1S/C16H15N3O4/c1-3-21-12-6-4-11(5-7-12)14-9-13(18-23-14)16(20)17-15-8-10(2)22-19-15/h4-9H,3H2,1-2H3,(H,17,19,20). The van der Waals surface area contributed by atoms with Crippen LogP contribution in [0.3, 0.4) is 0 Å². The molecule has 2 heterocycles. The zero-order valence-corrected chi connectivity index (χ0v) is 12.7. The van der Waals surface area contributed by atoms with Crippen molar-refractivity contribution < 1.29 is 18.6 Å². The summed E-state index contributed by atoms with van der Waals surface area (Å²) in [5.41, 5.74) is 0.965. The second-order valence-electron chi connectivity index (χ2n) is 4.81. The Kier molecular flexibility index (Phi) is 4.09. The molecule has 0 saturated heterocycles. The number of aromatic nitrogens is 2. The predicted molar refractivity (Wildman–Crippen MR) is 82.3 cm³/mol. The molecule has 0 aliphatic heterocycles. The van der Waals surface area contributed by atoms with Crippen LogP contribution in [0.15, 0.2) is 45.4 Å². The third-order valence-electron chi connectivity index (χ3n) is 3.06. The summed E-state index contributed by atoms with van der Waals surface area (Å²) in [7, 11) is 0. The highest BCUT2D eigenvalue weighted by Gasteiger charge is 2.15. The van der Waals surface area contributed by atoms with Crippen molar-refractivity contribution in [3.8, 4) is 17.1 Å². The highest BCUT2D eigenvalue weighted by atomic mass is 16.5. The zero-order chi connectivity index (χ0) is 16.2. The van der Waals surface area contributed by atoms with Gasteiger partial charge in [-0.05, 0) is 38.1 Å². The van der Waals surface area contributed by atoms with E-state index in [1.807, 2.05) is 31.2 Å². The maximum atomic E-state index is 12.1. The van der Waals surface area contributed by atoms with Gasteiger partial charge in [0.05, 0.1) is 6.61 Å². The van der Waals surface area contributed by atoms with Gasteiger partial charge in [-0.1, -0.05) is 10.3 Å². The first-order valence-corrected chi connectivity index (χ1v) is 7.10. The third-order valence-corrected chi connectivity index (χ3v) is 3.06. The lowest BCUT2D eigenvalue weighted by Crippen LogP contribution is -2.12. The van der Waals surface area contributed by atoms with E-state index in [4.69, 9.17) is 13.8 Å². The average molecular weight is 313 g/mol. The molecule has 3 rings (SSSR count). The summed E-state index contributed by atoms with van der Waals surface area (Å²) in [6, 6.07) is 10.5. The summed E-state index contributed by atoms with van der Waals surface area (Å²) in [6.45, 7) is 4.27. The topological polar surface area (TPSA) is 90.4 Å². The Morgan fingerprint density at radius 1 is 1.17 bits per heavy atom. The molecule has 0 radical (unpaired) electrons. The zero-order valence-electron chi connectivity index (χ0n) is 12.7. The van der Waals surface area contributed by atoms with Gasteiger partial charge >= 0.3 is 0 Å². The maximum Gasteiger partial charge on any atom is 0.279 e. The van der Waals surface area contributed by atoms with Gasteiger partial charge in [0.1, 0.15) is 11.5 Å². The van der Waals surface area contributed by atoms with Crippen molar-refractivity contribution in [3.05, 3.63) is 47.9 Å². The monoisotopic (exact) mass is 313 g/mol. The maximum absolute atomic E-state index is 12.1. The molecule has 7 heteroatoms. The van der Waals surface area contributed by atoms with Gasteiger partial charge in [0.25, 0.3) is 5.91 Å². The number of nitrogens with zero attached hydrogens (tertiary/aromatic N) is 2. The molecule has 0 atom stereocenters. The van der Waals surface area contributed by atoms with Crippen molar-refractivity contribution >= 4 is 11.7 Å². The molecule has 118 valence electrons. The lowest BCUT2D eigenvalue weighted by molar-refractivity contribution is 0.101. The van der Waals surface area contributed by atoms with E-state index >= 15 is 0 Å². The van der Waals surface area contributed by atoms with Crippen LogP contribution in [0.5, 0.6) is 5.75 Å². The van der Waals surface area contributed by atoms with Gasteiger partial charge in [0, 0.05) is 17.7 Å². The Morgan fingerprint density at radius 2 is 1.96 bits per heavy atom. The molecule has 0 saturated carbocycles. The fourth-order valence-corrected chi connectivity index (χ4v) is 2.01. The SMILES string of the molecule is CCOc1ccc(-c2cc(C(=O)Nc3cc(C)on3)no2)cc1. The molecule has 3 aromatic rings. The molecular formula is C16H15N3O4. The Bertz CT molecular complexity index is 805. The number of hydrogen-bond acceptors (Lipinski definition) is 6. The number of amides is 1. The molecule has 0 bridgehead atoms. The van der Waals surface area contributed by atoms with Gasteiger partial charge in [-0.25, -0.2) is 0 Å². The minimum absolute atomic E-state index is 0.162. The van der Waals surface area contributed by atoms with Gasteiger partial charge in [0.15, 0.2) is 17.3 Å². The Labute approximate surface area is 132 Å². The lowest BCUT2D eigenvalue weighted by Gasteiger charge is -2.02. The third kappa shape index (κ3) is 3.39. The fourth-order valence-electron chi connectivity index (χ4n) is 2.01. The van der Waals surface area contributed by atoms with Crippen molar-refractivity contribution in [2.24, 2.45) is 0 Å². The Morgan fingerprint density at radius 3 is 2.61 bits per heavy atom. The Balaban J connectivity index is 1.73. The molecule has 1 N–H and O–H groups in total. The van der Waals surface area contributed by atoms with E-state index in [2.05, 4.69) is 15.6 Å². The molecule has 2 aromatic heterocycles. The minimum atomic E-state index is -0.417. The summed E-state index contributed by atoms with van der Waals surface area (Å²) in [6.07, 6.45) is 0. The summed E-state index contributed by atoms with van der Waals surface area (Å²) in [5.74, 6) is 1.79. The van der Waals surface area contributed by atoms with Crippen LogP contribution in [-0.4, -0.2) is 22.8 Å². The first kappa shape index (κ1) is 14.8. The first-order valence-electron chi connectivity index (χ1n) is 7.10. The highest BCUT2D eigenvalue weighted by molar-refractivity contribution is 6.02. The van der Waals surface area contributed by atoms with E-state index in [9.17, 15) is 4.79 Å². The number of ether oxygens (including phenoxy) is 1. The van der Waals surface area contributed by atoms with Crippen molar-refractivity contribution in [3.63, 3.8) is 0 Å². The molecular weight excluding hydrogens is 298 g/mol. The van der Waals surface area contributed by atoms with Crippen LogP contribution in [-0.2, 0) is 0 Å². The molecule has 23 heavy (non-hydrogen) atoms. The molecule has 0 aliphatic carbocycles. The quantitative estimate of drug-likeness (QED) is 0.777.